The number of rotatable bonds is 12. The van der Waals surface area contributed by atoms with Gasteiger partial charge in [-0.05, 0) is 61.1 Å². The molecule has 3 rings (SSSR count). The fourth-order valence-corrected chi connectivity index (χ4v) is 6.18. The number of cyclic esters (lactones) is 2. The summed E-state index contributed by atoms with van der Waals surface area (Å²) in [5.74, 6) is -3.70. The zero-order chi connectivity index (χ0) is 40.2. The van der Waals surface area contributed by atoms with Crippen LogP contribution < -0.4 is 21.1 Å². The number of ether oxygens (including phenoxy) is 4. The summed E-state index contributed by atoms with van der Waals surface area (Å²) in [6.45, 7) is 8.11. The van der Waals surface area contributed by atoms with Gasteiger partial charge in [-0.1, -0.05) is 68.8 Å². The number of carbonyl (C=O) groups is 5. The van der Waals surface area contributed by atoms with E-state index in [0.717, 1.165) is 0 Å². The Hall–Kier alpha value is -4.17. The van der Waals surface area contributed by atoms with Gasteiger partial charge in [-0.25, -0.2) is 4.79 Å². The number of halogens is 2. The van der Waals surface area contributed by atoms with Gasteiger partial charge in [-0.15, -0.1) is 11.6 Å². The number of hydrogen-bond acceptors (Lipinski definition) is 11. The van der Waals surface area contributed by atoms with Gasteiger partial charge in [0.15, 0.2) is 6.10 Å². The van der Waals surface area contributed by atoms with Crippen LogP contribution in [-0.4, -0.2) is 79.4 Å². The summed E-state index contributed by atoms with van der Waals surface area (Å²) in [5.41, 5.74) is 5.89. The quantitative estimate of drug-likeness (QED) is 0.136. The van der Waals surface area contributed by atoms with Crippen LogP contribution in [0.4, 0.5) is 0 Å². The van der Waals surface area contributed by atoms with Gasteiger partial charge in [0.05, 0.1) is 35.6 Å². The summed E-state index contributed by atoms with van der Waals surface area (Å²) in [7, 11) is 1.48. The molecule has 15 heteroatoms. The summed E-state index contributed by atoms with van der Waals surface area (Å²) in [4.78, 5) is 65.4. The lowest BCUT2D eigenvalue weighted by molar-refractivity contribution is -0.180. The molecule has 2 aromatic rings. The van der Waals surface area contributed by atoms with E-state index in [1.165, 1.54) is 19.3 Å². The van der Waals surface area contributed by atoms with Crippen molar-refractivity contribution in [2.75, 3.05) is 20.2 Å². The molecule has 0 radical (unpaired) electrons. The van der Waals surface area contributed by atoms with Gasteiger partial charge in [-0.2, -0.15) is 0 Å². The first-order chi connectivity index (χ1) is 25.4. The monoisotopic (exact) mass is 791 g/mol. The Balaban J connectivity index is 1.92. The van der Waals surface area contributed by atoms with E-state index in [0.29, 0.717) is 27.5 Å². The van der Waals surface area contributed by atoms with E-state index in [1.807, 2.05) is 13.8 Å². The fraction of sp³-hybridized carbons (Fsp3) is 0.513. The smallest absolute Gasteiger partial charge is 0.347 e. The summed E-state index contributed by atoms with van der Waals surface area (Å²) >= 11 is 13.1. The average molecular weight is 793 g/mol. The molecule has 0 saturated carbocycles. The van der Waals surface area contributed by atoms with Crippen molar-refractivity contribution in [3.8, 4) is 5.75 Å². The molecule has 1 heterocycles. The van der Waals surface area contributed by atoms with E-state index >= 15 is 0 Å². The van der Waals surface area contributed by atoms with Crippen molar-refractivity contribution < 1.29 is 48.0 Å². The maximum atomic E-state index is 13.7. The first-order valence-corrected chi connectivity index (χ1v) is 18.5. The van der Waals surface area contributed by atoms with Crippen molar-refractivity contribution in [2.24, 2.45) is 23.0 Å². The molecule has 0 fully saturated rings. The Bertz CT molecular complexity index is 1650. The van der Waals surface area contributed by atoms with Gasteiger partial charge in [0, 0.05) is 25.3 Å². The zero-order valence-corrected chi connectivity index (χ0v) is 32.9. The third kappa shape index (κ3) is 13.0. The normalized spacial score (nSPS) is 22.2. The highest BCUT2D eigenvalue weighted by Crippen LogP contribution is 2.33. The predicted molar refractivity (Wildman–Crippen MR) is 202 cm³/mol. The van der Waals surface area contributed by atoms with E-state index in [9.17, 15) is 29.1 Å². The Morgan fingerprint density at radius 1 is 1.06 bits per heavy atom. The molecule has 0 saturated heterocycles. The number of esters is 3. The molecule has 1 aliphatic heterocycles. The van der Waals surface area contributed by atoms with E-state index in [-0.39, 0.29) is 44.9 Å². The minimum Gasteiger partial charge on any atom is -0.495 e. The number of methoxy groups -OCH3 is 1. The number of hydrogen-bond donors (Lipinski definition) is 4. The number of aliphatic hydroxyl groups excluding tert-OH is 1. The van der Waals surface area contributed by atoms with Crippen molar-refractivity contribution in [2.45, 2.75) is 90.2 Å². The molecule has 2 amide bonds. The average Bonchev–Trinajstić information content (AvgIpc) is 3.13. The van der Waals surface area contributed by atoms with Crippen LogP contribution in [0.1, 0.15) is 69.5 Å². The second-order valence-electron chi connectivity index (χ2n) is 14.3. The van der Waals surface area contributed by atoms with Crippen molar-refractivity contribution >= 4 is 52.9 Å². The number of carbonyl (C=O) groups excluding carboxylic acids is 5. The molecule has 5 N–H and O–H groups in total. The van der Waals surface area contributed by atoms with Crippen LogP contribution in [0.3, 0.4) is 0 Å². The lowest BCUT2D eigenvalue weighted by Crippen LogP contribution is -2.51. The van der Waals surface area contributed by atoms with Crippen LogP contribution in [0, 0.1) is 17.3 Å². The molecule has 1 aliphatic rings. The lowest BCUT2D eigenvalue weighted by Gasteiger charge is -2.32. The molecule has 3 unspecified atom stereocenters. The van der Waals surface area contributed by atoms with Crippen LogP contribution in [0.5, 0.6) is 5.75 Å². The van der Waals surface area contributed by atoms with Crippen molar-refractivity contribution in [1.29, 1.82) is 0 Å². The molecule has 0 bridgehead atoms. The summed E-state index contributed by atoms with van der Waals surface area (Å²) < 4.78 is 22.0. The van der Waals surface area contributed by atoms with Crippen LogP contribution >= 0.6 is 23.2 Å². The number of amides is 2. The maximum absolute atomic E-state index is 13.7. The van der Waals surface area contributed by atoms with Crippen molar-refractivity contribution in [3.63, 3.8) is 0 Å². The van der Waals surface area contributed by atoms with Crippen LogP contribution in [0.15, 0.2) is 54.6 Å². The van der Waals surface area contributed by atoms with Crippen LogP contribution in [-0.2, 0) is 51.2 Å². The lowest BCUT2D eigenvalue weighted by atomic mass is 9.90. The minimum absolute atomic E-state index is 0.0146. The minimum atomic E-state index is -1.29. The SMILES string of the molecule is COc1ccc(C[C@H]2NC(=O)/C=C/CC([C@H](C)C(O)C(Cl)c3ccc(COC(=O)CN)cc3)OC(=O)[C@H](CC(C)C)OC(=O)C(C)(C)CNC2=O)cc1Cl. The Labute approximate surface area is 326 Å². The molecule has 6 atom stereocenters. The van der Waals surface area contributed by atoms with Crippen LogP contribution in [0.25, 0.3) is 0 Å². The topological polar surface area (TPSA) is 193 Å². The summed E-state index contributed by atoms with van der Waals surface area (Å²) in [5, 5.41) is 16.3. The molecular weight excluding hydrogens is 741 g/mol. The van der Waals surface area contributed by atoms with Gasteiger partial charge in [-0.3, -0.25) is 19.2 Å². The van der Waals surface area contributed by atoms with Gasteiger partial charge in [0.25, 0.3) is 0 Å². The third-order valence-electron chi connectivity index (χ3n) is 8.94. The maximum Gasteiger partial charge on any atom is 0.347 e. The van der Waals surface area contributed by atoms with E-state index in [1.54, 1.807) is 63.2 Å². The molecule has 0 aliphatic carbocycles. The molecule has 0 spiro atoms. The highest BCUT2D eigenvalue weighted by molar-refractivity contribution is 6.32. The van der Waals surface area contributed by atoms with E-state index in [2.05, 4.69) is 10.6 Å². The molecule has 54 heavy (non-hydrogen) atoms. The second kappa shape index (κ2) is 20.5. The second-order valence-corrected chi connectivity index (χ2v) is 15.2. The molecule has 0 aromatic heterocycles. The fourth-order valence-electron chi connectivity index (χ4n) is 5.52. The van der Waals surface area contributed by atoms with Gasteiger partial charge >= 0.3 is 17.9 Å². The number of alkyl halides is 1. The number of aliphatic hydroxyl groups is 1. The third-order valence-corrected chi connectivity index (χ3v) is 9.74. The Morgan fingerprint density at radius 2 is 1.72 bits per heavy atom. The predicted octanol–water partition coefficient (Wildman–Crippen LogP) is 4.33. The van der Waals surface area contributed by atoms with Gasteiger partial charge < -0.3 is 40.4 Å². The number of benzene rings is 2. The summed E-state index contributed by atoms with van der Waals surface area (Å²) in [6, 6.07) is 10.7. The first-order valence-electron chi connectivity index (χ1n) is 17.7. The molecular formula is C39H51Cl2N3O10. The number of nitrogens with two attached hydrogens (primary N) is 1. The van der Waals surface area contributed by atoms with E-state index < -0.39 is 70.8 Å². The highest BCUT2D eigenvalue weighted by Gasteiger charge is 2.38. The molecule has 2 aromatic carbocycles. The van der Waals surface area contributed by atoms with Crippen molar-refractivity contribution in [1.82, 2.24) is 10.6 Å². The van der Waals surface area contributed by atoms with Gasteiger partial charge in [0.2, 0.25) is 11.8 Å². The first kappa shape index (κ1) is 44.2. The van der Waals surface area contributed by atoms with Crippen molar-refractivity contribution in [3.05, 3.63) is 76.3 Å². The van der Waals surface area contributed by atoms with Crippen LogP contribution in [0.2, 0.25) is 5.02 Å². The molecule has 13 nitrogen and oxygen atoms in total. The highest BCUT2D eigenvalue weighted by atomic mass is 35.5. The Morgan fingerprint density at radius 3 is 2.33 bits per heavy atom. The van der Waals surface area contributed by atoms with Gasteiger partial charge in [0.1, 0.15) is 24.5 Å². The Kier molecular flexibility index (Phi) is 16.8. The van der Waals surface area contributed by atoms with E-state index in [4.69, 9.17) is 47.9 Å². The number of nitrogens with one attached hydrogen (secondary N) is 2. The zero-order valence-electron chi connectivity index (χ0n) is 31.4. The summed E-state index contributed by atoms with van der Waals surface area (Å²) in [6.07, 6.45) is -0.713. The largest absolute Gasteiger partial charge is 0.495 e. The molecule has 296 valence electrons. The standard InChI is InChI=1S/C39H51Cl2N3O10/c1-22(2)16-31-37(49)53-29(23(3)35(47)34(41)26-13-10-24(11-14-26)20-52-33(46)19-42)8-7-9-32(45)44-28(18-25-12-15-30(51-6)27(40)17-25)36(48)43-21-39(4,5)38(50)54-31/h7,9-15,17,22-23,28-29,31,34-35,47H,8,16,18-21,42H2,1-6H3,(H,43,48)(H,44,45)/b9-7+/t23-,28+,29?,31-,34?,35?/m0/s1.